The average molecular weight is 481 g/mol. The number of aromatic amines is 1. The molecule has 2 heterocycles. The van der Waals surface area contributed by atoms with E-state index in [1.54, 1.807) is 42.5 Å². The van der Waals surface area contributed by atoms with Gasteiger partial charge in [0.15, 0.2) is 11.6 Å². The zero-order valence-corrected chi connectivity index (χ0v) is 17.7. The molecule has 0 unspecified atom stereocenters. The highest BCUT2D eigenvalue weighted by molar-refractivity contribution is 6.30. The topological polar surface area (TPSA) is 81.4 Å². The Hall–Kier alpha value is -3.47. The molecule has 0 radical (unpaired) electrons. The van der Waals surface area contributed by atoms with Gasteiger partial charge in [0.2, 0.25) is 0 Å². The van der Waals surface area contributed by atoms with Crippen LogP contribution in [0.15, 0.2) is 53.3 Å². The normalized spacial score (nSPS) is 11.8. The minimum atomic E-state index is -4.44. The van der Waals surface area contributed by atoms with E-state index < -0.39 is 30.6 Å². The Morgan fingerprint density at radius 1 is 1.06 bits per heavy atom. The molecule has 0 spiro atoms. The molecule has 0 atom stereocenters. The van der Waals surface area contributed by atoms with Gasteiger partial charge in [0.05, 0.1) is 6.42 Å². The van der Waals surface area contributed by atoms with Crippen LogP contribution in [0.1, 0.15) is 23.6 Å². The Morgan fingerprint density at radius 2 is 1.79 bits per heavy atom. The Labute approximate surface area is 189 Å². The Morgan fingerprint density at radius 3 is 2.48 bits per heavy atom. The Bertz CT molecular complexity index is 1310. The fourth-order valence-corrected chi connectivity index (χ4v) is 3.36. The largest absolute Gasteiger partial charge is 0.390 e. The molecular weight excluding hydrogens is 464 g/mol. The minimum absolute atomic E-state index is 0.0759. The van der Waals surface area contributed by atoms with Gasteiger partial charge in [0, 0.05) is 23.6 Å². The van der Waals surface area contributed by atoms with Gasteiger partial charge in [0.1, 0.15) is 18.2 Å². The van der Waals surface area contributed by atoms with Gasteiger partial charge in [-0.05, 0) is 35.9 Å². The third kappa shape index (κ3) is 5.48. The van der Waals surface area contributed by atoms with Gasteiger partial charge in [-0.2, -0.15) is 18.3 Å². The first-order chi connectivity index (χ1) is 15.7. The summed E-state index contributed by atoms with van der Waals surface area (Å²) in [6, 6.07) is 12.4. The fourth-order valence-electron chi connectivity index (χ4n) is 3.24. The lowest BCUT2D eigenvalue weighted by molar-refractivity contribution is -0.136. The van der Waals surface area contributed by atoms with Crippen LogP contribution in [-0.2, 0) is 19.5 Å². The number of hydrogen-bond donors (Lipinski definition) is 1. The summed E-state index contributed by atoms with van der Waals surface area (Å²) in [5, 5.41) is 11.3. The van der Waals surface area contributed by atoms with Gasteiger partial charge in [-0.3, -0.25) is 9.67 Å². The van der Waals surface area contributed by atoms with Crippen molar-refractivity contribution in [2.75, 3.05) is 0 Å². The lowest BCUT2D eigenvalue weighted by atomic mass is 10.1. The van der Waals surface area contributed by atoms with E-state index in [-0.39, 0.29) is 24.6 Å². The highest BCUT2D eigenvalue weighted by Gasteiger charge is 2.28. The average Bonchev–Trinajstić information content (AvgIpc) is 3.33. The van der Waals surface area contributed by atoms with Crippen LogP contribution in [0.5, 0.6) is 0 Å². The van der Waals surface area contributed by atoms with Crippen molar-refractivity contribution in [1.29, 1.82) is 0 Å². The number of hydrogen-bond acceptors (Lipinski definition) is 4. The van der Waals surface area contributed by atoms with E-state index in [2.05, 4.69) is 20.3 Å². The first-order valence-electron chi connectivity index (χ1n) is 9.83. The molecule has 33 heavy (non-hydrogen) atoms. The van der Waals surface area contributed by atoms with Crippen molar-refractivity contribution in [1.82, 2.24) is 29.5 Å². The summed E-state index contributed by atoms with van der Waals surface area (Å²) in [5.74, 6) is 0.243. The van der Waals surface area contributed by atoms with Crippen molar-refractivity contribution >= 4 is 11.6 Å². The number of alkyl halides is 3. The van der Waals surface area contributed by atoms with Crippen LogP contribution < -0.4 is 5.69 Å². The molecule has 12 heteroatoms. The van der Waals surface area contributed by atoms with Crippen molar-refractivity contribution in [3.63, 3.8) is 0 Å². The van der Waals surface area contributed by atoms with Crippen molar-refractivity contribution in [2.24, 2.45) is 0 Å². The third-order valence-corrected chi connectivity index (χ3v) is 5.08. The second-order valence-electron chi connectivity index (χ2n) is 7.25. The summed E-state index contributed by atoms with van der Waals surface area (Å²) in [6.07, 6.45) is -5.49. The smallest absolute Gasteiger partial charge is 0.275 e. The monoisotopic (exact) mass is 480 g/mol. The van der Waals surface area contributed by atoms with Crippen molar-refractivity contribution < 1.29 is 17.6 Å². The van der Waals surface area contributed by atoms with E-state index in [1.165, 1.54) is 6.07 Å². The Balaban J connectivity index is 1.61. The molecule has 0 fully saturated rings. The van der Waals surface area contributed by atoms with Gasteiger partial charge in [0.25, 0.3) is 0 Å². The summed E-state index contributed by atoms with van der Waals surface area (Å²) in [5.41, 5.74) is 0.119. The summed E-state index contributed by atoms with van der Waals surface area (Å²) in [4.78, 5) is 17.1. The maximum absolute atomic E-state index is 13.9. The first-order valence-corrected chi connectivity index (χ1v) is 10.2. The molecule has 0 saturated heterocycles. The molecule has 2 aromatic heterocycles. The number of nitrogens with zero attached hydrogens (tertiary/aromatic N) is 5. The van der Waals surface area contributed by atoms with Crippen LogP contribution in [0, 0.1) is 5.82 Å². The zero-order chi connectivity index (χ0) is 23.6. The number of benzene rings is 2. The second-order valence-corrected chi connectivity index (χ2v) is 7.69. The quantitative estimate of drug-likeness (QED) is 0.402. The van der Waals surface area contributed by atoms with Gasteiger partial charge in [-0.25, -0.2) is 18.9 Å². The summed E-state index contributed by atoms with van der Waals surface area (Å²) < 4.78 is 54.3. The maximum atomic E-state index is 13.9. The molecular formula is C21H17ClF4N6O. The van der Waals surface area contributed by atoms with Crippen LogP contribution >= 0.6 is 11.6 Å². The predicted octanol–water partition coefficient (Wildman–Crippen LogP) is 4.21. The summed E-state index contributed by atoms with van der Waals surface area (Å²) in [6.45, 7) is -0.738. The third-order valence-electron chi connectivity index (χ3n) is 4.83. The van der Waals surface area contributed by atoms with Crippen LogP contribution in [-0.4, -0.2) is 35.7 Å². The molecule has 2 aromatic carbocycles. The van der Waals surface area contributed by atoms with Gasteiger partial charge in [-0.15, -0.1) is 5.10 Å². The standard InChI is InChI=1S/C21H17ClF4N6O/c22-15-7-5-13(6-8-15)19-30-32(20(33)31(19)10-9-21(24,25)26)12-18-27-17(28-29-18)11-14-3-1-2-4-16(14)23/h1-8H,9-12H2,(H,27,28,29). The van der Waals surface area contributed by atoms with Crippen LogP contribution in [0.25, 0.3) is 11.4 Å². The lowest BCUT2D eigenvalue weighted by Gasteiger charge is -2.08. The predicted molar refractivity (Wildman–Crippen MR) is 112 cm³/mol. The molecule has 7 nitrogen and oxygen atoms in total. The van der Waals surface area contributed by atoms with E-state index >= 15 is 0 Å². The highest BCUT2D eigenvalue weighted by Crippen LogP contribution is 2.23. The molecule has 0 saturated carbocycles. The van der Waals surface area contributed by atoms with E-state index in [0.717, 1.165) is 9.25 Å². The van der Waals surface area contributed by atoms with Gasteiger partial charge in [-0.1, -0.05) is 29.8 Å². The van der Waals surface area contributed by atoms with Crippen LogP contribution in [0.2, 0.25) is 5.02 Å². The molecule has 0 amide bonds. The molecule has 4 aromatic rings. The number of aromatic nitrogens is 6. The zero-order valence-electron chi connectivity index (χ0n) is 17.0. The van der Waals surface area contributed by atoms with Crippen molar-refractivity contribution in [3.8, 4) is 11.4 Å². The molecule has 0 bridgehead atoms. The van der Waals surface area contributed by atoms with E-state index in [9.17, 15) is 22.4 Å². The SMILES string of the molecule is O=c1n(Cc2nc(Cc3ccccc3F)n[nH]2)nc(-c2ccc(Cl)cc2)n1CCC(F)(F)F. The molecule has 1 N–H and O–H groups in total. The fraction of sp³-hybridized carbons (Fsp3) is 0.238. The van der Waals surface area contributed by atoms with Gasteiger partial charge < -0.3 is 0 Å². The van der Waals surface area contributed by atoms with E-state index in [0.29, 0.717) is 22.0 Å². The van der Waals surface area contributed by atoms with Crippen LogP contribution in [0.4, 0.5) is 17.6 Å². The maximum Gasteiger partial charge on any atom is 0.390 e. The van der Waals surface area contributed by atoms with Crippen LogP contribution in [0.3, 0.4) is 0 Å². The molecule has 0 aliphatic heterocycles. The number of rotatable bonds is 7. The van der Waals surface area contributed by atoms with Gasteiger partial charge >= 0.3 is 11.9 Å². The molecule has 172 valence electrons. The lowest BCUT2D eigenvalue weighted by Crippen LogP contribution is -2.27. The Kier molecular flexibility index (Phi) is 6.32. The highest BCUT2D eigenvalue weighted by atomic mass is 35.5. The summed E-state index contributed by atoms with van der Waals surface area (Å²) >= 11 is 5.89. The molecule has 0 aliphatic rings. The summed E-state index contributed by atoms with van der Waals surface area (Å²) in [7, 11) is 0. The number of halogens is 5. The number of nitrogens with one attached hydrogen (secondary N) is 1. The molecule has 0 aliphatic carbocycles. The number of H-pyrrole nitrogens is 1. The second kappa shape index (κ2) is 9.18. The molecule has 4 rings (SSSR count). The van der Waals surface area contributed by atoms with Crippen molar-refractivity contribution in [3.05, 3.63) is 87.1 Å². The van der Waals surface area contributed by atoms with E-state index in [4.69, 9.17) is 11.6 Å². The van der Waals surface area contributed by atoms with Crippen molar-refractivity contribution in [2.45, 2.75) is 32.1 Å². The minimum Gasteiger partial charge on any atom is -0.275 e. The first kappa shape index (κ1) is 22.7. The van der Waals surface area contributed by atoms with E-state index in [1.807, 2.05) is 0 Å².